The fraction of sp³-hybridized carbons (Fsp3) is 0.600. The van der Waals surface area contributed by atoms with Crippen LogP contribution in [0.4, 0.5) is 5.69 Å². The lowest BCUT2D eigenvalue weighted by molar-refractivity contribution is -0.123. The van der Waals surface area contributed by atoms with Gasteiger partial charge in [-0.25, -0.2) is 0 Å². The van der Waals surface area contributed by atoms with E-state index in [-0.39, 0.29) is 37.1 Å². The Kier molecular flexibility index (Phi) is 7.57. The van der Waals surface area contributed by atoms with Crippen molar-refractivity contribution >= 4 is 29.9 Å². The Labute approximate surface area is 177 Å². The first kappa shape index (κ1) is 21.7. The highest BCUT2D eigenvalue weighted by Gasteiger charge is 2.25. The first-order chi connectivity index (χ1) is 13.7. The normalized spacial score (nSPS) is 23.3. The van der Waals surface area contributed by atoms with Gasteiger partial charge in [-0.3, -0.25) is 14.5 Å². The molecule has 0 aromatic heterocycles. The third-order valence-electron chi connectivity index (χ3n) is 5.57. The summed E-state index contributed by atoms with van der Waals surface area (Å²) in [5.41, 5.74) is 0.708. The quantitative estimate of drug-likeness (QED) is 0.638. The van der Waals surface area contributed by atoms with Crippen molar-refractivity contribution in [2.24, 2.45) is 5.92 Å². The zero-order chi connectivity index (χ0) is 19.3. The van der Waals surface area contributed by atoms with E-state index in [9.17, 15) is 9.59 Å². The molecule has 0 aliphatic carbocycles. The first-order valence-electron chi connectivity index (χ1n) is 10.1. The summed E-state index contributed by atoms with van der Waals surface area (Å²) in [4.78, 5) is 26.7. The topological polar surface area (TPSA) is 91.9 Å². The van der Waals surface area contributed by atoms with Crippen LogP contribution in [0.1, 0.15) is 25.7 Å². The second-order valence-electron chi connectivity index (χ2n) is 7.75. The van der Waals surface area contributed by atoms with Crippen molar-refractivity contribution in [3.05, 3.63) is 18.2 Å². The van der Waals surface area contributed by atoms with E-state index in [1.165, 1.54) is 0 Å². The third-order valence-corrected chi connectivity index (χ3v) is 5.57. The molecule has 8 nitrogen and oxygen atoms in total. The van der Waals surface area contributed by atoms with E-state index in [1.807, 2.05) is 6.07 Å². The van der Waals surface area contributed by atoms with E-state index in [0.29, 0.717) is 36.2 Å². The fourth-order valence-corrected chi connectivity index (χ4v) is 4.12. The van der Waals surface area contributed by atoms with Gasteiger partial charge in [0.05, 0.1) is 12.6 Å². The molecule has 0 radical (unpaired) electrons. The molecular formula is C20H29ClN4O4. The minimum Gasteiger partial charge on any atom is -0.454 e. The molecule has 2 saturated heterocycles. The van der Waals surface area contributed by atoms with Gasteiger partial charge < -0.3 is 25.4 Å². The number of fused-ring (bicyclic) bond motifs is 1. The Balaban J connectivity index is 0.00000240. The minimum atomic E-state index is -0.0429. The first-order valence-corrected chi connectivity index (χ1v) is 10.1. The number of nitrogens with zero attached hydrogens (tertiary/aromatic N) is 1. The highest BCUT2D eigenvalue weighted by Crippen LogP contribution is 2.34. The summed E-state index contributed by atoms with van der Waals surface area (Å²) in [6.07, 6.45) is 4.11. The van der Waals surface area contributed by atoms with Crippen LogP contribution >= 0.6 is 12.4 Å². The van der Waals surface area contributed by atoms with Crippen LogP contribution in [0, 0.1) is 5.92 Å². The van der Waals surface area contributed by atoms with Crippen molar-refractivity contribution in [3.63, 3.8) is 0 Å². The van der Waals surface area contributed by atoms with E-state index in [1.54, 1.807) is 12.1 Å². The molecule has 2 atom stereocenters. The van der Waals surface area contributed by atoms with Crippen molar-refractivity contribution < 1.29 is 19.1 Å². The van der Waals surface area contributed by atoms with Crippen LogP contribution in [-0.2, 0) is 9.59 Å². The number of hydrogen-bond donors (Lipinski definition) is 3. The summed E-state index contributed by atoms with van der Waals surface area (Å²) < 4.78 is 10.6. The number of hydrogen-bond acceptors (Lipinski definition) is 6. The second-order valence-corrected chi connectivity index (χ2v) is 7.75. The second kappa shape index (κ2) is 10.1. The Morgan fingerprint density at radius 1 is 1.17 bits per heavy atom. The van der Waals surface area contributed by atoms with Gasteiger partial charge in [-0.1, -0.05) is 0 Å². The van der Waals surface area contributed by atoms with E-state index in [0.717, 1.165) is 45.3 Å². The zero-order valence-electron chi connectivity index (χ0n) is 16.4. The number of ether oxygens (including phenoxy) is 2. The van der Waals surface area contributed by atoms with Gasteiger partial charge in [0.15, 0.2) is 11.5 Å². The smallest absolute Gasteiger partial charge is 0.238 e. The highest BCUT2D eigenvalue weighted by atomic mass is 35.5. The maximum absolute atomic E-state index is 12.4. The van der Waals surface area contributed by atoms with Crippen LogP contribution in [0.3, 0.4) is 0 Å². The van der Waals surface area contributed by atoms with Gasteiger partial charge in [-0.2, -0.15) is 0 Å². The summed E-state index contributed by atoms with van der Waals surface area (Å²) >= 11 is 0. The van der Waals surface area contributed by atoms with E-state index in [2.05, 4.69) is 20.9 Å². The SMILES string of the molecule is Cl.O=C(CN1CCCC(CNC(=O)C2CCCN2)C1)Nc1ccc2c(c1)OCO2. The van der Waals surface area contributed by atoms with E-state index >= 15 is 0 Å². The van der Waals surface area contributed by atoms with E-state index < -0.39 is 0 Å². The zero-order valence-corrected chi connectivity index (χ0v) is 17.3. The molecule has 2 fully saturated rings. The van der Waals surface area contributed by atoms with Crippen LogP contribution < -0.4 is 25.4 Å². The van der Waals surface area contributed by atoms with Gasteiger partial charge in [0, 0.05) is 24.8 Å². The maximum Gasteiger partial charge on any atom is 0.238 e. The standard InChI is InChI=1S/C20H28N4O4.ClH/c25-19(23-15-5-6-17-18(9-15)28-13-27-17)12-24-8-2-3-14(11-24)10-22-20(26)16-4-1-7-21-16;/h5-6,9,14,16,21H,1-4,7-8,10-13H2,(H,22,26)(H,23,25);1H. The van der Waals surface area contributed by atoms with Crippen molar-refractivity contribution in [3.8, 4) is 11.5 Å². The Morgan fingerprint density at radius 3 is 2.86 bits per heavy atom. The number of anilines is 1. The third kappa shape index (κ3) is 5.74. The summed E-state index contributed by atoms with van der Waals surface area (Å²) in [5.74, 6) is 1.81. The summed E-state index contributed by atoms with van der Waals surface area (Å²) in [6.45, 7) is 3.90. The number of carbonyl (C=O) groups is 2. The van der Waals surface area contributed by atoms with Crippen LogP contribution in [0.15, 0.2) is 18.2 Å². The van der Waals surface area contributed by atoms with Crippen LogP contribution in [0.2, 0.25) is 0 Å². The van der Waals surface area contributed by atoms with Gasteiger partial charge >= 0.3 is 0 Å². The number of likely N-dealkylation sites (tertiary alicyclic amines) is 1. The molecule has 3 N–H and O–H groups in total. The molecule has 4 rings (SSSR count). The lowest BCUT2D eigenvalue weighted by Crippen LogP contribution is -2.46. The highest BCUT2D eigenvalue weighted by molar-refractivity contribution is 5.92. The number of benzene rings is 1. The van der Waals surface area contributed by atoms with E-state index in [4.69, 9.17) is 9.47 Å². The van der Waals surface area contributed by atoms with Crippen molar-refractivity contribution in [1.29, 1.82) is 0 Å². The molecule has 2 unspecified atom stereocenters. The molecule has 0 saturated carbocycles. The van der Waals surface area contributed by atoms with Crippen molar-refractivity contribution in [2.45, 2.75) is 31.7 Å². The average Bonchev–Trinajstić information content (AvgIpc) is 3.38. The summed E-state index contributed by atoms with van der Waals surface area (Å²) in [7, 11) is 0. The van der Waals surface area contributed by atoms with Gasteiger partial charge in [0.2, 0.25) is 18.6 Å². The fourth-order valence-electron chi connectivity index (χ4n) is 4.12. The lowest BCUT2D eigenvalue weighted by Gasteiger charge is -2.32. The molecule has 0 bridgehead atoms. The number of amides is 2. The predicted octanol–water partition coefficient (Wildman–Crippen LogP) is 1.36. The molecule has 29 heavy (non-hydrogen) atoms. The summed E-state index contributed by atoms with van der Waals surface area (Å²) in [5, 5.41) is 9.23. The molecule has 3 heterocycles. The van der Waals surface area contributed by atoms with Crippen LogP contribution in [0.5, 0.6) is 11.5 Å². The Bertz CT molecular complexity index is 726. The summed E-state index contributed by atoms with van der Waals surface area (Å²) in [6, 6.07) is 5.37. The predicted molar refractivity (Wildman–Crippen MR) is 112 cm³/mol. The number of carbonyl (C=O) groups excluding carboxylic acids is 2. The molecule has 3 aliphatic heterocycles. The lowest BCUT2D eigenvalue weighted by atomic mass is 9.98. The molecular weight excluding hydrogens is 396 g/mol. The molecule has 3 aliphatic rings. The molecule has 160 valence electrons. The number of piperidine rings is 1. The van der Waals surface area contributed by atoms with Crippen molar-refractivity contribution in [2.75, 3.05) is 44.8 Å². The minimum absolute atomic E-state index is 0. The average molecular weight is 425 g/mol. The molecule has 0 spiro atoms. The van der Waals surface area contributed by atoms with Crippen molar-refractivity contribution in [1.82, 2.24) is 15.5 Å². The molecule has 9 heteroatoms. The number of halogens is 1. The van der Waals surface area contributed by atoms with Crippen LogP contribution in [-0.4, -0.2) is 62.3 Å². The molecule has 2 amide bonds. The maximum atomic E-state index is 12.4. The van der Waals surface area contributed by atoms with Crippen LogP contribution in [0.25, 0.3) is 0 Å². The van der Waals surface area contributed by atoms with Gasteiger partial charge in [0.1, 0.15) is 0 Å². The Hall–Kier alpha value is -2.03. The Morgan fingerprint density at radius 2 is 2.03 bits per heavy atom. The largest absolute Gasteiger partial charge is 0.454 e. The number of rotatable bonds is 6. The monoisotopic (exact) mass is 424 g/mol. The van der Waals surface area contributed by atoms with Gasteiger partial charge in [0.25, 0.3) is 0 Å². The number of nitrogens with one attached hydrogen (secondary N) is 3. The van der Waals surface area contributed by atoms with Gasteiger partial charge in [-0.15, -0.1) is 12.4 Å². The van der Waals surface area contributed by atoms with Gasteiger partial charge in [-0.05, 0) is 56.8 Å². The molecule has 1 aromatic rings. The molecule has 1 aromatic carbocycles.